The van der Waals surface area contributed by atoms with E-state index in [1.165, 1.54) is 6.42 Å². The van der Waals surface area contributed by atoms with Gasteiger partial charge in [0.2, 0.25) is 0 Å². The third-order valence-corrected chi connectivity index (χ3v) is 7.55. The number of carbonyl (C=O) groups is 1. The number of hydrogen-bond acceptors (Lipinski definition) is 7. The first-order valence-electron chi connectivity index (χ1n) is 11.8. The number of aliphatic hydroxyl groups excluding tert-OH is 1. The predicted molar refractivity (Wildman–Crippen MR) is 109 cm³/mol. The van der Waals surface area contributed by atoms with Crippen LogP contribution in [0.5, 0.6) is 0 Å². The molecule has 0 bridgehead atoms. The van der Waals surface area contributed by atoms with Crippen LogP contribution in [0.15, 0.2) is 0 Å². The molecule has 1 saturated carbocycles. The Morgan fingerprint density at radius 2 is 1.80 bits per heavy atom. The smallest absolute Gasteiger partial charge is 0.311 e. The van der Waals surface area contributed by atoms with E-state index in [0.717, 1.165) is 44.9 Å². The molecule has 7 nitrogen and oxygen atoms in total. The maximum absolute atomic E-state index is 13.0. The van der Waals surface area contributed by atoms with Crippen molar-refractivity contribution in [1.82, 2.24) is 0 Å². The first kappa shape index (κ1) is 22.5. The van der Waals surface area contributed by atoms with Gasteiger partial charge in [-0.1, -0.05) is 13.3 Å². The SMILES string of the molecule is C[C@H]1[C@H](O)[C@@H](C)OC(=O)[C@H](C)[C@H](OC2CCCCO2)[C@@]2(C)OC3(CCCCC3)O[C@H]12. The van der Waals surface area contributed by atoms with Crippen molar-refractivity contribution in [3.05, 3.63) is 0 Å². The van der Waals surface area contributed by atoms with E-state index >= 15 is 0 Å². The van der Waals surface area contributed by atoms with Gasteiger partial charge in [0, 0.05) is 25.4 Å². The summed E-state index contributed by atoms with van der Waals surface area (Å²) < 4.78 is 31.4. The summed E-state index contributed by atoms with van der Waals surface area (Å²) in [5.41, 5.74) is -0.902. The van der Waals surface area contributed by atoms with Crippen LogP contribution in [0.1, 0.15) is 79.1 Å². The lowest BCUT2D eigenvalue weighted by molar-refractivity contribution is -0.264. The van der Waals surface area contributed by atoms with E-state index in [9.17, 15) is 9.90 Å². The Morgan fingerprint density at radius 3 is 2.47 bits per heavy atom. The van der Waals surface area contributed by atoms with Gasteiger partial charge < -0.3 is 28.8 Å². The molecule has 0 aromatic carbocycles. The van der Waals surface area contributed by atoms with Gasteiger partial charge in [-0.3, -0.25) is 4.79 Å². The normalized spacial score (nSPS) is 47.1. The Labute approximate surface area is 179 Å². The summed E-state index contributed by atoms with van der Waals surface area (Å²) in [6.07, 6.45) is 4.88. The van der Waals surface area contributed by atoms with Gasteiger partial charge in [0.15, 0.2) is 12.1 Å². The second kappa shape index (κ2) is 8.66. The molecule has 3 aliphatic heterocycles. The number of ether oxygens (including phenoxy) is 5. The monoisotopic (exact) mass is 426 g/mol. The van der Waals surface area contributed by atoms with Crippen molar-refractivity contribution < 1.29 is 33.6 Å². The highest BCUT2D eigenvalue weighted by Crippen LogP contribution is 2.51. The average molecular weight is 427 g/mol. The van der Waals surface area contributed by atoms with Crippen molar-refractivity contribution in [2.24, 2.45) is 11.8 Å². The first-order valence-corrected chi connectivity index (χ1v) is 11.8. The highest BCUT2D eigenvalue weighted by Gasteiger charge is 2.63. The molecule has 4 rings (SSSR count). The molecule has 4 fully saturated rings. The lowest BCUT2D eigenvalue weighted by Crippen LogP contribution is -2.57. The number of fused-ring (bicyclic) bond motifs is 1. The first-order chi connectivity index (χ1) is 14.3. The zero-order valence-corrected chi connectivity index (χ0v) is 18.8. The Bertz CT molecular complexity index is 613. The second-order valence-corrected chi connectivity index (χ2v) is 9.93. The standard InChI is InChI=1S/C23H38O7/c1-14-18(24)16(3)27-21(25)15(2)19(28-17-10-6-9-13-26-17)22(4)20(14)29-23(30-22)11-7-5-8-12-23/h14-20,24H,5-13H2,1-4H3/t14-,15+,16+,17?,18-,19-,20+,22+/m0/s1. The van der Waals surface area contributed by atoms with Crippen LogP contribution in [0.4, 0.5) is 0 Å². The number of hydrogen-bond donors (Lipinski definition) is 1. The van der Waals surface area contributed by atoms with Gasteiger partial charge in [-0.05, 0) is 52.9 Å². The molecule has 30 heavy (non-hydrogen) atoms. The number of esters is 1. The van der Waals surface area contributed by atoms with Crippen LogP contribution < -0.4 is 0 Å². The van der Waals surface area contributed by atoms with Gasteiger partial charge in [0.05, 0.1) is 18.1 Å². The summed E-state index contributed by atoms with van der Waals surface area (Å²) >= 11 is 0. The van der Waals surface area contributed by atoms with Crippen LogP contribution in [0.3, 0.4) is 0 Å². The van der Waals surface area contributed by atoms with Crippen LogP contribution in [0.2, 0.25) is 0 Å². The Morgan fingerprint density at radius 1 is 1.07 bits per heavy atom. The molecule has 8 atom stereocenters. The Hall–Kier alpha value is -0.730. The molecular formula is C23H38O7. The van der Waals surface area contributed by atoms with Crippen molar-refractivity contribution in [1.29, 1.82) is 0 Å². The molecule has 1 N–H and O–H groups in total. The third kappa shape index (κ3) is 4.04. The second-order valence-electron chi connectivity index (χ2n) is 9.93. The molecule has 0 aromatic heterocycles. The fraction of sp³-hybridized carbons (Fsp3) is 0.957. The largest absolute Gasteiger partial charge is 0.460 e. The Balaban J connectivity index is 1.71. The van der Waals surface area contributed by atoms with E-state index in [2.05, 4.69) is 0 Å². The number of rotatable bonds is 2. The summed E-state index contributed by atoms with van der Waals surface area (Å²) in [6, 6.07) is 0. The topological polar surface area (TPSA) is 83.5 Å². The van der Waals surface area contributed by atoms with Crippen LogP contribution in [0.25, 0.3) is 0 Å². The fourth-order valence-corrected chi connectivity index (χ4v) is 5.81. The van der Waals surface area contributed by atoms with Crippen LogP contribution in [-0.4, -0.2) is 59.8 Å². The van der Waals surface area contributed by atoms with Gasteiger partial charge in [0.1, 0.15) is 17.8 Å². The van der Waals surface area contributed by atoms with Gasteiger partial charge in [0.25, 0.3) is 0 Å². The molecule has 0 amide bonds. The highest BCUT2D eigenvalue weighted by atomic mass is 16.8. The van der Waals surface area contributed by atoms with Crippen LogP contribution >= 0.6 is 0 Å². The molecule has 1 spiro atoms. The zero-order chi connectivity index (χ0) is 21.5. The maximum atomic E-state index is 13.0. The minimum absolute atomic E-state index is 0.289. The third-order valence-electron chi connectivity index (χ3n) is 7.55. The summed E-state index contributed by atoms with van der Waals surface area (Å²) in [5, 5.41) is 11.0. The molecule has 4 aliphatic rings. The van der Waals surface area contributed by atoms with Crippen molar-refractivity contribution in [2.75, 3.05) is 6.61 Å². The number of cyclic esters (lactones) is 1. The fourth-order valence-electron chi connectivity index (χ4n) is 5.81. The van der Waals surface area contributed by atoms with Crippen molar-refractivity contribution >= 4 is 5.97 Å². The lowest BCUT2D eigenvalue weighted by atomic mass is 9.78. The summed E-state index contributed by atoms with van der Waals surface area (Å²) in [7, 11) is 0. The molecule has 172 valence electrons. The molecule has 3 heterocycles. The van der Waals surface area contributed by atoms with Gasteiger partial charge in [-0.15, -0.1) is 0 Å². The number of carbonyl (C=O) groups excluding carboxylic acids is 1. The maximum Gasteiger partial charge on any atom is 0.311 e. The van der Waals surface area contributed by atoms with Crippen molar-refractivity contribution in [3.8, 4) is 0 Å². The van der Waals surface area contributed by atoms with Gasteiger partial charge in [-0.2, -0.15) is 0 Å². The predicted octanol–water partition coefficient (Wildman–Crippen LogP) is 3.31. The van der Waals surface area contributed by atoms with E-state index in [-0.39, 0.29) is 18.2 Å². The van der Waals surface area contributed by atoms with Crippen LogP contribution in [-0.2, 0) is 28.5 Å². The van der Waals surface area contributed by atoms with Gasteiger partial charge >= 0.3 is 5.97 Å². The summed E-state index contributed by atoms with van der Waals surface area (Å²) in [6.45, 7) is 8.15. The minimum Gasteiger partial charge on any atom is -0.460 e. The molecule has 7 heteroatoms. The Kier molecular flexibility index (Phi) is 6.48. The summed E-state index contributed by atoms with van der Waals surface area (Å²) in [4.78, 5) is 13.0. The van der Waals surface area contributed by atoms with Crippen molar-refractivity contribution in [2.45, 2.75) is 121 Å². The van der Waals surface area contributed by atoms with Gasteiger partial charge in [-0.25, -0.2) is 0 Å². The van der Waals surface area contributed by atoms with E-state index in [1.54, 1.807) is 6.92 Å². The van der Waals surface area contributed by atoms with E-state index < -0.39 is 41.7 Å². The minimum atomic E-state index is -0.902. The zero-order valence-electron chi connectivity index (χ0n) is 18.8. The van der Waals surface area contributed by atoms with Crippen LogP contribution in [0, 0.1) is 11.8 Å². The molecule has 3 saturated heterocycles. The molecule has 0 radical (unpaired) electrons. The average Bonchev–Trinajstić information content (AvgIpc) is 3.03. The van der Waals surface area contributed by atoms with E-state index in [4.69, 9.17) is 23.7 Å². The van der Waals surface area contributed by atoms with E-state index in [0.29, 0.717) is 6.61 Å². The summed E-state index contributed by atoms with van der Waals surface area (Å²) in [5.74, 6) is -1.93. The lowest BCUT2D eigenvalue weighted by Gasteiger charge is -2.42. The van der Waals surface area contributed by atoms with E-state index in [1.807, 2.05) is 20.8 Å². The highest BCUT2D eigenvalue weighted by molar-refractivity contribution is 5.73. The molecule has 1 aliphatic carbocycles. The molecule has 1 unspecified atom stereocenters. The number of aliphatic hydroxyl groups is 1. The van der Waals surface area contributed by atoms with Crippen molar-refractivity contribution in [3.63, 3.8) is 0 Å². The quantitative estimate of drug-likeness (QED) is 0.678. The molecular weight excluding hydrogens is 388 g/mol. The molecule has 0 aromatic rings.